The Bertz CT molecular complexity index is 1020. The van der Waals surface area contributed by atoms with Gasteiger partial charge in [-0.15, -0.1) is 0 Å². The number of methoxy groups -OCH3 is 1. The third-order valence-electron chi connectivity index (χ3n) is 4.77. The Labute approximate surface area is 174 Å². The van der Waals surface area contributed by atoms with Crippen LogP contribution < -0.4 is 10.0 Å². The molecule has 160 valence electrons. The molecule has 0 bridgehead atoms. The van der Waals surface area contributed by atoms with E-state index < -0.39 is 27.8 Å². The van der Waals surface area contributed by atoms with Crippen LogP contribution in [0.3, 0.4) is 0 Å². The molecule has 0 spiro atoms. The molecule has 2 amide bonds. The molecule has 0 atom stereocenters. The molecule has 1 aliphatic rings. The molecule has 1 heterocycles. The number of ether oxygens (including phenoxy) is 1. The number of rotatable bonds is 5. The van der Waals surface area contributed by atoms with Gasteiger partial charge in [0.2, 0.25) is 0 Å². The van der Waals surface area contributed by atoms with Crippen molar-refractivity contribution in [1.29, 1.82) is 0 Å². The third-order valence-corrected chi connectivity index (χ3v) is 6.14. The van der Waals surface area contributed by atoms with E-state index in [0.29, 0.717) is 25.9 Å². The summed E-state index contributed by atoms with van der Waals surface area (Å²) in [7, 11) is -2.62. The Morgan fingerprint density at radius 1 is 1.10 bits per heavy atom. The van der Waals surface area contributed by atoms with Crippen molar-refractivity contribution in [3.63, 3.8) is 0 Å². The second kappa shape index (κ2) is 9.12. The minimum Gasteiger partial charge on any atom is -0.453 e. The first-order valence-electron chi connectivity index (χ1n) is 9.31. The highest BCUT2D eigenvalue weighted by molar-refractivity contribution is 7.92. The number of hydrogen-bond acceptors (Lipinski definition) is 5. The summed E-state index contributed by atoms with van der Waals surface area (Å²) in [6, 6.07) is 10.4. The van der Waals surface area contributed by atoms with Crippen LogP contribution in [0.1, 0.15) is 23.2 Å². The highest BCUT2D eigenvalue weighted by Gasteiger charge is 2.25. The van der Waals surface area contributed by atoms with Gasteiger partial charge in [0.25, 0.3) is 15.9 Å². The van der Waals surface area contributed by atoms with Crippen LogP contribution in [0, 0.1) is 5.82 Å². The van der Waals surface area contributed by atoms with Gasteiger partial charge in [-0.05, 0) is 55.3 Å². The number of likely N-dealkylation sites (tertiary alicyclic amines) is 1. The van der Waals surface area contributed by atoms with E-state index in [4.69, 9.17) is 0 Å². The lowest BCUT2D eigenvalue weighted by molar-refractivity contribution is 0.0892. The van der Waals surface area contributed by atoms with Crippen molar-refractivity contribution in [2.45, 2.75) is 23.8 Å². The molecular formula is C20H22FN3O5S. The fraction of sp³-hybridized carbons (Fsp3) is 0.300. The summed E-state index contributed by atoms with van der Waals surface area (Å²) in [5.74, 6) is -0.876. The predicted octanol–water partition coefficient (Wildman–Crippen LogP) is 2.59. The Kier molecular flexibility index (Phi) is 6.56. The van der Waals surface area contributed by atoms with Crippen molar-refractivity contribution in [1.82, 2.24) is 10.2 Å². The number of nitrogens with one attached hydrogen (secondary N) is 2. The first-order valence-corrected chi connectivity index (χ1v) is 10.8. The minimum atomic E-state index is -3.95. The van der Waals surface area contributed by atoms with E-state index in [-0.39, 0.29) is 22.2 Å². The number of carbonyl (C=O) groups is 2. The van der Waals surface area contributed by atoms with Gasteiger partial charge < -0.3 is 15.0 Å². The number of hydrogen-bond donors (Lipinski definition) is 2. The van der Waals surface area contributed by atoms with Gasteiger partial charge in [0, 0.05) is 30.4 Å². The number of carbonyl (C=O) groups excluding carboxylic acids is 2. The van der Waals surface area contributed by atoms with Gasteiger partial charge in [-0.25, -0.2) is 17.6 Å². The highest BCUT2D eigenvalue weighted by atomic mass is 32.2. The van der Waals surface area contributed by atoms with E-state index in [9.17, 15) is 22.4 Å². The summed E-state index contributed by atoms with van der Waals surface area (Å²) in [6.07, 6.45) is 0.752. The molecule has 0 radical (unpaired) electrons. The summed E-state index contributed by atoms with van der Waals surface area (Å²) in [4.78, 5) is 25.6. The van der Waals surface area contributed by atoms with E-state index >= 15 is 0 Å². The Morgan fingerprint density at radius 2 is 1.77 bits per heavy atom. The Balaban J connectivity index is 1.65. The lowest BCUT2D eigenvalue weighted by Crippen LogP contribution is -2.46. The van der Waals surface area contributed by atoms with Gasteiger partial charge in [-0.2, -0.15) is 0 Å². The van der Waals surface area contributed by atoms with Crippen LogP contribution >= 0.6 is 0 Å². The van der Waals surface area contributed by atoms with E-state index in [0.717, 1.165) is 12.1 Å². The maximum absolute atomic E-state index is 13.0. The molecule has 2 N–H and O–H groups in total. The maximum atomic E-state index is 13.0. The van der Waals surface area contributed by atoms with Gasteiger partial charge in [-0.3, -0.25) is 9.52 Å². The monoisotopic (exact) mass is 435 g/mol. The predicted molar refractivity (Wildman–Crippen MR) is 108 cm³/mol. The average Bonchev–Trinajstić information content (AvgIpc) is 2.75. The van der Waals surface area contributed by atoms with Crippen molar-refractivity contribution < 1.29 is 27.1 Å². The summed E-state index contributed by atoms with van der Waals surface area (Å²) >= 11 is 0. The number of piperidine rings is 1. The van der Waals surface area contributed by atoms with E-state index in [1.54, 1.807) is 4.90 Å². The first kappa shape index (κ1) is 21.6. The SMILES string of the molecule is COC(=O)N1CCC(NC(=O)c2cccc(S(=O)(=O)Nc3ccc(F)cc3)c2)CC1. The van der Waals surface area contributed by atoms with Crippen LogP contribution in [0.2, 0.25) is 0 Å². The molecule has 2 aromatic carbocycles. The molecule has 0 aliphatic carbocycles. The zero-order valence-electron chi connectivity index (χ0n) is 16.3. The van der Waals surface area contributed by atoms with Gasteiger partial charge in [0.15, 0.2) is 0 Å². The molecule has 3 rings (SSSR count). The second-order valence-electron chi connectivity index (χ2n) is 6.85. The molecule has 8 nitrogen and oxygen atoms in total. The highest BCUT2D eigenvalue weighted by Crippen LogP contribution is 2.18. The van der Waals surface area contributed by atoms with E-state index in [1.807, 2.05) is 0 Å². The lowest BCUT2D eigenvalue weighted by Gasteiger charge is -2.31. The third kappa shape index (κ3) is 5.26. The number of sulfonamides is 1. The molecule has 1 fully saturated rings. The number of anilines is 1. The number of benzene rings is 2. The van der Waals surface area contributed by atoms with E-state index in [2.05, 4.69) is 14.8 Å². The Hall–Kier alpha value is -3.14. The maximum Gasteiger partial charge on any atom is 0.409 e. The standard InChI is InChI=1S/C20H22FN3O5S/c1-29-20(26)24-11-9-16(10-12-24)22-19(25)14-3-2-4-18(13-14)30(27,28)23-17-7-5-15(21)6-8-17/h2-8,13,16,23H,9-12H2,1H3,(H,22,25). The van der Waals surface area contributed by atoms with Gasteiger partial charge >= 0.3 is 6.09 Å². The van der Waals surface area contributed by atoms with Crippen LogP contribution in [0.15, 0.2) is 53.4 Å². The molecular weight excluding hydrogens is 413 g/mol. The molecule has 1 saturated heterocycles. The molecule has 10 heteroatoms. The fourth-order valence-corrected chi connectivity index (χ4v) is 4.24. The summed E-state index contributed by atoms with van der Waals surface area (Å²) < 4.78 is 45.2. The average molecular weight is 435 g/mol. The van der Waals surface area contributed by atoms with Gasteiger partial charge in [0.1, 0.15) is 5.82 Å². The molecule has 0 aromatic heterocycles. The molecule has 0 unspecified atom stereocenters. The van der Waals surface area contributed by atoms with Crippen molar-refractivity contribution in [2.75, 3.05) is 24.9 Å². The first-order chi connectivity index (χ1) is 14.3. The smallest absolute Gasteiger partial charge is 0.409 e. The van der Waals surface area contributed by atoms with Crippen LogP contribution in [0.25, 0.3) is 0 Å². The second-order valence-corrected chi connectivity index (χ2v) is 8.53. The summed E-state index contributed by atoms with van der Waals surface area (Å²) in [5.41, 5.74) is 0.413. The zero-order valence-corrected chi connectivity index (χ0v) is 17.1. The van der Waals surface area contributed by atoms with Crippen molar-refractivity contribution in [3.05, 3.63) is 59.9 Å². The largest absolute Gasteiger partial charge is 0.453 e. The minimum absolute atomic E-state index is 0.0833. The fourth-order valence-electron chi connectivity index (χ4n) is 3.14. The quantitative estimate of drug-likeness (QED) is 0.751. The van der Waals surface area contributed by atoms with Crippen LogP contribution in [0.5, 0.6) is 0 Å². The zero-order chi connectivity index (χ0) is 21.7. The number of nitrogens with zero attached hydrogens (tertiary/aromatic N) is 1. The van der Waals surface area contributed by atoms with Crippen molar-refractivity contribution >= 4 is 27.7 Å². The number of amides is 2. The molecule has 0 saturated carbocycles. The molecule has 2 aromatic rings. The van der Waals surface area contributed by atoms with Gasteiger partial charge in [0.05, 0.1) is 12.0 Å². The number of halogens is 1. The summed E-state index contributed by atoms with van der Waals surface area (Å²) in [5, 5.41) is 2.87. The van der Waals surface area contributed by atoms with Crippen molar-refractivity contribution in [3.8, 4) is 0 Å². The van der Waals surface area contributed by atoms with Crippen molar-refractivity contribution in [2.24, 2.45) is 0 Å². The van der Waals surface area contributed by atoms with Crippen LogP contribution in [-0.4, -0.2) is 51.6 Å². The normalized spacial score (nSPS) is 14.8. The van der Waals surface area contributed by atoms with E-state index in [1.165, 1.54) is 43.5 Å². The van der Waals surface area contributed by atoms with Crippen LogP contribution in [-0.2, 0) is 14.8 Å². The van der Waals surface area contributed by atoms with Gasteiger partial charge in [-0.1, -0.05) is 6.07 Å². The molecule has 30 heavy (non-hydrogen) atoms. The lowest BCUT2D eigenvalue weighted by atomic mass is 10.0. The molecule has 1 aliphatic heterocycles. The van der Waals surface area contributed by atoms with Crippen LogP contribution in [0.4, 0.5) is 14.9 Å². The Morgan fingerprint density at radius 3 is 2.40 bits per heavy atom. The topological polar surface area (TPSA) is 105 Å². The summed E-state index contributed by atoms with van der Waals surface area (Å²) in [6.45, 7) is 0.932.